The molecule has 3 aromatic heterocycles. The molecule has 6 rings (SSSR count). The fourth-order valence-electron chi connectivity index (χ4n) is 4.90. The van der Waals surface area contributed by atoms with Gasteiger partial charge >= 0.3 is 5.97 Å². The monoisotopic (exact) mass is 542 g/mol. The van der Waals surface area contributed by atoms with Crippen molar-refractivity contribution in [2.75, 3.05) is 42.6 Å². The highest BCUT2D eigenvalue weighted by Crippen LogP contribution is 2.36. The molecule has 5 heterocycles. The zero-order chi connectivity index (χ0) is 25.5. The summed E-state index contributed by atoms with van der Waals surface area (Å²) in [4.78, 5) is 30.4. The number of anilines is 2. The Hall–Kier alpha value is -3.28. The minimum atomic E-state index is -1.15. The summed E-state index contributed by atoms with van der Waals surface area (Å²) < 4.78 is 22.9. The molecular weight excluding hydrogens is 519 g/mol. The number of hydrogen-bond acceptors (Lipinski definition) is 8. The van der Waals surface area contributed by atoms with E-state index in [0.717, 1.165) is 30.2 Å². The van der Waals surface area contributed by atoms with Crippen molar-refractivity contribution in [1.29, 1.82) is 0 Å². The Morgan fingerprint density at radius 2 is 1.92 bits per heavy atom. The normalized spacial score (nSPS) is 18.5. The first-order chi connectivity index (χ1) is 18.0. The van der Waals surface area contributed by atoms with Gasteiger partial charge in [-0.2, -0.15) is 0 Å². The van der Waals surface area contributed by atoms with Crippen LogP contribution in [0.25, 0.3) is 21.9 Å². The average molecular weight is 543 g/mol. The minimum absolute atomic E-state index is 0.0685. The lowest BCUT2D eigenvalue weighted by Crippen LogP contribution is -2.48. The number of ether oxygens (including phenoxy) is 1. The largest absolute Gasteiger partial charge is 0.478 e. The Kier molecular flexibility index (Phi) is 6.43. The number of imidazole rings is 1. The number of hydrogen-bond donors (Lipinski definition) is 1. The van der Waals surface area contributed by atoms with Crippen molar-refractivity contribution >= 4 is 51.7 Å². The fourth-order valence-corrected chi connectivity index (χ4v) is 5.77. The summed E-state index contributed by atoms with van der Waals surface area (Å²) in [5.41, 5.74) is 1.50. The Balaban J connectivity index is 1.33. The van der Waals surface area contributed by atoms with Crippen LogP contribution in [0.4, 0.5) is 16.0 Å². The van der Waals surface area contributed by atoms with Crippen LogP contribution in [-0.2, 0) is 4.74 Å². The molecule has 0 bridgehead atoms. The quantitative estimate of drug-likeness (QED) is 0.349. The molecule has 2 aliphatic heterocycles. The molecule has 1 unspecified atom stereocenters. The van der Waals surface area contributed by atoms with E-state index < -0.39 is 11.8 Å². The van der Waals surface area contributed by atoms with Gasteiger partial charge in [0, 0.05) is 32.8 Å². The lowest BCUT2D eigenvalue weighted by atomic mass is 10.1. The molecule has 2 saturated heterocycles. The number of carboxylic acid groups (broad SMARTS) is 1. The number of fused-ring (bicyclic) bond motifs is 1. The Morgan fingerprint density at radius 3 is 2.59 bits per heavy atom. The Bertz CT molecular complexity index is 1450. The number of halogens is 2. The minimum Gasteiger partial charge on any atom is -0.478 e. The third-order valence-corrected chi connectivity index (χ3v) is 7.89. The molecule has 0 amide bonds. The molecule has 2 fully saturated rings. The van der Waals surface area contributed by atoms with Gasteiger partial charge in [0.05, 0.1) is 16.1 Å². The van der Waals surface area contributed by atoms with Gasteiger partial charge in [-0.1, -0.05) is 17.7 Å². The van der Waals surface area contributed by atoms with E-state index in [-0.39, 0.29) is 11.8 Å². The first-order valence-electron chi connectivity index (χ1n) is 12.1. The number of carboxylic acids is 1. The molecule has 0 aliphatic carbocycles. The molecule has 0 spiro atoms. The maximum absolute atomic E-state index is 14.7. The second-order valence-corrected chi connectivity index (χ2v) is 10.3. The van der Waals surface area contributed by atoms with Crippen LogP contribution in [0.1, 0.15) is 35.8 Å². The number of rotatable bonds is 5. The standard InChI is InChI=1S/C25H24ClFN6O3S/c26-21-20-23(30-22(29-21)18-4-3-13-37-18)33(19-5-1-2-12-36-19)25(28-20)32-10-8-31(9-11-32)17-7-6-15(24(34)35)14-16(17)27/h3-4,6-7,13-14,19H,1-2,5,8-12H2,(H,34,35). The van der Waals surface area contributed by atoms with Crippen molar-refractivity contribution in [3.63, 3.8) is 0 Å². The van der Waals surface area contributed by atoms with E-state index >= 15 is 0 Å². The van der Waals surface area contributed by atoms with Gasteiger partial charge in [0.15, 0.2) is 16.6 Å². The van der Waals surface area contributed by atoms with E-state index in [0.29, 0.717) is 66.6 Å². The summed E-state index contributed by atoms with van der Waals surface area (Å²) in [6.45, 7) is 2.91. The predicted molar refractivity (Wildman–Crippen MR) is 140 cm³/mol. The van der Waals surface area contributed by atoms with Crippen LogP contribution in [0.3, 0.4) is 0 Å². The third kappa shape index (κ3) is 4.51. The maximum atomic E-state index is 14.7. The molecule has 1 aromatic carbocycles. The molecule has 37 heavy (non-hydrogen) atoms. The first kappa shape index (κ1) is 24.1. The van der Waals surface area contributed by atoms with Gasteiger partial charge in [0.1, 0.15) is 17.6 Å². The SMILES string of the molecule is O=C(O)c1ccc(N2CCN(c3nc4c(Cl)nc(-c5cccs5)nc4n3C3CCCCO3)CC2)c(F)c1. The molecule has 0 radical (unpaired) electrons. The predicted octanol–water partition coefficient (Wildman–Crippen LogP) is 5.07. The number of aromatic nitrogens is 4. The first-order valence-corrected chi connectivity index (χ1v) is 13.4. The van der Waals surface area contributed by atoms with Gasteiger partial charge in [-0.15, -0.1) is 11.3 Å². The van der Waals surface area contributed by atoms with Crippen LogP contribution in [-0.4, -0.2) is 63.4 Å². The fraction of sp³-hybridized carbons (Fsp3) is 0.360. The van der Waals surface area contributed by atoms with E-state index in [1.165, 1.54) is 12.1 Å². The number of thiophene rings is 1. The van der Waals surface area contributed by atoms with Crippen LogP contribution in [0.2, 0.25) is 5.15 Å². The van der Waals surface area contributed by atoms with Crippen LogP contribution < -0.4 is 9.80 Å². The number of carbonyl (C=O) groups is 1. The third-order valence-electron chi connectivity index (χ3n) is 6.76. The maximum Gasteiger partial charge on any atom is 0.335 e. The van der Waals surface area contributed by atoms with Gasteiger partial charge in [-0.3, -0.25) is 4.57 Å². The van der Waals surface area contributed by atoms with E-state index in [4.69, 9.17) is 31.4 Å². The van der Waals surface area contributed by atoms with Gasteiger partial charge in [-0.25, -0.2) is 24.1 Å². The highest BCUT2D eigenvalue weighted by Gasteiger charge is 2.30. The van der Waals surface area contributed by atoms with E-state index in [1.807, 2.05) is 27.0 Å². The molecule has 192 valence electrons. The van der Waals surface area contributed by atoms with E-state index in [1.54, 1.807) is 11.3 Å². The van der Waals surface area contributed by atoms with E-state index in [9.17, 15) is 9.18 Å². The Morgan fingerprint density at radius 1 is 1.11 bits per heavy atom. The molecule has 1 atom stereocenters. The average Bonchev–Trinajstić information content (AvgIpc) is 3.58. The summed E-state index contributed by atoms with van der Waals surface area (Å²) in [7, 11) is 0. The summed E-state index contributed by atoms with van der Waals surface area (Å²) in [6.07, 6.45) is 2.68. The Labute approximate surface area is 221 Å². The number of nitrogens with zero attached hydrogens (tertiary/aromatic N) is 6. The molecule has 9 nitrogen and oxygen atoms in total. The molecule has 1 N–H and O–H groups in total. The highest BCUT2D eigenvalue weighted by molar-refractivity contribution is 7.13. The molecule has 0 saturated carbocycles. The molecular formula is C25H24ClFN6O3S. The lowest BCUT2D eigenvalue weighted by molar-refractivity contribution is -0.0289. The van der Waals surface area contributed by atoms with Crippen molar-refractivity contribution in [3.8, 4) is 10.7 Å². The van der Waals surface area contributed by atoms with Gasteiger partial charge in [0.25, 0.3) is 0 Å². The molecule has 2 aliphatic rings. The van der Waals surface area contributed by atoms with Gasteiger partial charge in [0.2, 0.25) is 5.95 Å². The smallest absolute Gasteiger partial charge is 0.335 e. The topological polar surface area (TPSA) is 96.6 Å². The van der Waals surface area contributed by atoms with Crippen molar-refractivity contribution < 1.29 is 19.0 Å². The summed E-state index contributed by atoms with van der Waals surface area (Å²) in [5.74, 6) is -0.425. The van der Waals surface area contributed by atoms with Gasteiger partial charge < -0.3 is 19.6 Å². The summed E-state index contributed by atoms with van der Waals surface area (Å²) in [5, 5.41) is 11.4. The van der Waals surface area contributed by atoms with Crippen molar-refractivity contribution in [3.05, 3.63) is 52.2 Å². The zero-order valence-corrected chi connectivity index (χ0v) is 21.4. The highest BCUT2D eigenvalue weighted by atomic mass is 35.5. The number of benzene rings is 1. The van der Waals surface area contributed by atoms with Crippen LogP contribution in [0, 0.1) is 5.82 Å². The summed E-state index contributed by atoms with van der Waals surface area (Å²) >= 11 is 8.17. The molecule has 12 heteroatoms. The van der Waals surface area contributed by atoms with Crippen molar-refractivity contribution in [2.45, 2.75) is 25.5 Å². The van der Waals surface area contributed by atoms with Crippen molar-refractivity contribution in [1.82, 2.24) is 19.5 Å². The van der Waals surface area contributed by atoms with Crippen LogP contribution in [0.15, 0.2) is 35.7 Å². The number of piperazine rings is 1. The van der Waals surface area contributed by atoms with Crippen LogP contribution >= 0.6 is 22.9 Å². The van der Waals surface area contributed by atoms with E-state index in [2.05, 4.69) is 9.88 Å². The lowest BCUT2D eigenvalue weighted by Gasteiger charge is -2.37. The zero-order valence-electron chi connectivity index (χ0n) is 19.8. The number of aromatic carboxylic acids is 1. The van der Waals surface area contributed by atoms with Gasteiger partial charge in [-0.05, 0) is 48.9 Å². The summed E-state index contributed by atoms with van der Waals surface area (Å²) in [6, 6.07) is 7.93. The van der Waals surface area contributed by atoms with Crippen molar-refractivity contribution in [2.24, 2.45) is 0 Å². The second kappa shape index (κ2) is 9.88. The van der Waals surface area contributed by atoms with Crippen LogP contribution in [0.5, 0.6) is 0 Å². The second-order valence-electron chi connectivity index (χ2n) is 9.04. The molecule has 4 aromatic rings.